The van der Waals surface area contributed by atoms with Crippen LogP contribution in [0.3, 0.4) is 0 Å². The van der Waals surface area contributed by atoms with Crippen LogP contribution in [0.2, 0.25) is 0 Å². The molecule has 0 aromatic carbocycles. The zero-order chi connectivity index (χ0) is 9.12. The third kappa shape index (κ3) is 6.58. The molecule has 0 aliphatic heterocycles. The number of halogens is 1. The zero-order valence-electron chi connectivity index (χ0n) is 5.95. The monoisotopic (exact) mass is 220 g/mol. The molecule has 0 spiro atoms. The summed E-state index contributed by atoms with van der Waals surface area (Å²) in [6.45, 7) is 0. The SMILES string of the molecule is CS(=O)(=O)CCS(=O)(=O)CCl. The molecular formula is C4H9ClO4S2. The Morgan fingerprint density at radius 3 is 1.82 bits per heavy atom. The van der Waals surface area contributed by atoms with Crippen molar-refractivity contribution in [1.82, 2.24) is 0 Å². The minimum Gasteiger partial charge on any atom is -0.229 e. The molecule has 68 valence electrons. The fourth-order valence-corrected chi connectivity index (χ4v) is 3.00. The van der Waals surface area contributed by atoms with Crippen molar-refractivity contribution < 1.29 is 16.8 Å². The Labute approximate surface area is 71.4 Å². The minimum absolute atomic E-state index is 0.359. The van der Waals surface area contributed by atoms with Gasteiger partial charge >= 0.3 is 0 Å². The first-order chi connectivity index (χ1) is 4.77. The van der Waals surface area contributed by atoms with Crippen LogP contribution in [0.15, 0.2) is 0 Å². The van der Waals surface area contributed by atoms with E-state index in [4.69, 9.17) is 11.6 Å². The smallest absolute Gasteiger partial charge is 0.165 e. The summed E-state index contributed by atoms with van der Waals surface area (Å²) in [4.78, 5) is 0. The van der Waals surface area contributed by atoms with Gasteiger partial charge in [0.25, 0.3) is 0 Å². The lowest BCUT2D eigenvalue weighted by Gasteiger charge is -1.97. The van der Waals surface area contributed by atoms with Crippen LogP contribution in [0.4, 0.5) is 0 Å². The lowest BCUT2D eigenvalue weighted by atomic mass is 11.0. The van der Waals surface area contributed by atoms with E-state index in [2.05, 4.69) is 0 Å². The fourth-order valence-electron chi connectivity index (χ4n) is 0.333. The molecule has 0 aliphatic rings. The number of alkyl halides is 1. The van der Waals surface area contributed by atoms with E-state index >= 15 is 0 Å². The van der Waals surface area contributed by atoms with Crippen molar-refractivity contribution in [2.75, 3.05) is 23.0 Å². The minimum atomic E-state index is -3.37. The van der Waals surface area contributed by atoms with Crippen LogP contribution in [0.1, 0.15) is 0 Å². The van der Waals surface area contributed by atoms with E-state index < -0.39 is 30.6 Å². The molecule has 11 heavy (non-hydrogen) atoms. The van der Waals surface area contributed by atoms with Gasteiger partial charge in [0.15, 0.2) is 9.84 Å². The summed E-state index contributed by atoms with van der Waals surface area (Å²) >= 11 is 5.04. The summed E-state index contributed by atoms with van der Waals surface area (Å²) in [6.07, 6.45) is 0.983. The van der Waals surface area contributed by atoms with Crippen LogP contribution in [0.5, 0.6) is 0 Å². The standard InChI is InChI=1S/C4H9ClO4S2/c1-10(6,7)2-3-11(8,9)4-5/h2-4H2,1H3. The second kappa shape index (κ2) is 3.73. The van der Waals surface area contributed by atoms with Crippen molar-refractivity contribution in [2.45, 2.75) is 0 Å². The molecule has 0 saturated carbocycles. The van der Waals surface area contributed by atoms with E-state index in [0.29, 0.717) is 0 Å². The lowest BCUT2D eigenvalue weighted by Crippen LogP contribution is -2.16. The van der Waals surface area contributed by atoms with Gasteiger partial charge in [0.05, 0.1) is 11.5 Å². The highest BCUT2D eigenvalue weighted by Crippen LogP contribution is 1.95. The molecular weight excluding hydrogens is 212 g/mol. The molecule has 0 radical (unpaired) electrons. The van der Waals surface area contributed by atoms with Crippen LogP contribution in [-0.2, 0) is 19.7 Å². The number of hydrogen-bond acceptors (Lipinski definition) is 4. The maximum atomic E-state index is 10.6. The Balaban J connectivity index is 4.13. The summed E-state index contributed by atoms with van der Waals surface area (Å²) in [7, 11) is -6.57. The molecule has 0 aromatic rings. The van der Waals surface area contributed by atoms with Gasteiger partial charge in [-0.2, -0.15) is 0 Å². The average molecular weight is 221 g/mol. The van der Waals surface area contributed by atoms with E-state index in [1.165, 1.54) is 0 Å². The van der Waals surface area contributed by atoms with Crippen LogP contribution < -0.4 is 0 Å². The van der Waals surface area contributed by atoms with Gasteiger partial charge in [-0.1, -0.05) is 0 Å². The van der Waals surface area contributed by atoms with Gasteiger partial charge in [-0.25, -0.2) is 16.8 Å². The highest BCUT2D eigenvalue weighted by molar-refractivity contribution is 7.95. The van der Waals surface area contributed by atoms with E-state index in [1.54, 1.807) is 0 Å². The Morgan fingerprint density at radius 2 is 1.55 bits per heavy atom. The van der Waals surface area contributed by atoms with Crippen molar-refractivity contribution in [3.8, 4) is 0 Å². The zero-order valence-corrected chi connectivity index (χ0v) is 8.34. The summed E-state index contributed by atoms with van der Waals surface area (Å²) in [5, 5.41) is -0.525. The maximum Gasteiger partial charge on any atom is 0.165 e. The average Bonchev–Trinajstić information content (AvgIpc) is 1.83. The molecule has 0 atom stereocenters. The van der Waals surface area contributed by atoms with E-state index in [0.717, 1.165) is 6.26 Å². The topological polar surface area (TPSA) is 68.3 Å². The molecule has 0 aliphatic carbocycles. The molecule has 0 amide bonds. The van der Waals surface area contributed by atoms with Gasteiger partial charge in [0.1, 0.15) is 15.0 Å². The molecule has 4 nitrogen and oxygen atoms in total. The van der Waals surface area contributed by atoms with Gasteiger partial charge in [0, 0.05) is 6.26 Å². The Kier molecular flexibility index (Phi) is 3.79. The highest BCUT2D eigenvalue weighted by Gasteiger charge is 2.12. The second-order valence-corrected chi connectivity index (χ2v) is 7.21. The Morgan fingerprint density at radius 1 is 1.09 bits per heavy atom. The van der Waals surface area contributed by atoms with Crippen molar-refractivity contribution in [1.29, 1.82) is 0 Å². The molecule has 7 heteroatoms. The van der Waals surface area contributed by atoms with E-state index in [1.807, 2.05) is 0 Å². The molecule has 0 N–H and O–H groups in total. The Bertz CT molecular complexity index is 301. The van der Waals surface area contributed by atoms with Gasteiger partial charge in [-0.05, 0) is 0 Å². The highest BCUT2D eigenvalue weighted by atomic mass is 35.5. The number of rotatable bonds is 4. The van der Waals surface area contributed by atoms with Crippen molar-refractivity contribution in [3.63, 3.8) is 0 Å². The number of sulfone groups is 2. The van der Waals surface area contributed by atoms with Crippen molar-refractivity contribution in [2.24, 2.45) is 0 Å². The van der Waals surface area contributed by atoms with Crippen LogP contribution in [0.25, 0.3) is 0 Å². The Hall–Kier alpha value is 0.190. The van der Waals surface area contributed by atoms with Gasteiger partial charge in [-0.3, -0.25) is 0 Å². The quantitative estimate of drug-likeness (QED) is 0.607. The summed E-state index contributed by atoms with van der Waals surface area (Å²) in [6, 6.07) is 0. The molecule has 0 unspecified atom stereocenters. The molecule has 0 rings (SSSR count). The van der Waals surface area contributed by atoms with Crippen LogP contribution in [-0.4, -0.2) is 39.8 Å². The summed E-state index contributed by atoms with van der Waals surface area (Å²) < 4.78 is 42.3. The normalized spacial score (nSPS) is 13.3. The molecule has 0 heterocycles. The lowest BCUT2D eigenvalue weighted by molar-refractivity contribution is 0.593. The van der Waals surface area contributed by atoms with Crippen molar-refractivity contribution in [3.05, 3.63) is 0 Å². The first-order valence-corrected chi connectivity index (χ1v) is 7.12. The molecule has 0 aromatic heterocycles. The first kappa shape index (κ1) is 11.2. The molecule has 0 fully saturated rings. The number of hydrogen-bond donors (Lipinski definition) is 0. The van der Waals surface area contributed by atoms with Crippen molar-refractivity contribution >= 4 is 31.3 Å². The van der Waals surface area contributed by atoms with Crippen LogP contribution >= 0.6 is 11.6 Å². The third-order valence-electron chi connectivity index (χ3n) is 0.931. The molecule has 0 bridgehead atoms. The first-order valence-electron chi connectivity index (χ1n) is 2.71. The van der Waals surface area contributed by atoms with Gasteiger partial charge in [-0.15, -0.1) is 11.6 Å². The maximum absolute atomic E-state index is 10.6. The largest absolute Gasteiger partial charge is 0.229 e. The summed E-state index contributed by atoms with van der Waals surface area (Å²) in [5.41, 5.74) is 0. The van der Waals surface area contributed by atoms with Gasteiger partial charge in [0.2, 0.25) is 0 Å². The second-order valence-electron chi connectivity index (χ2n) is 2.19. The predicted molar refractivity (Wildman–Crippen MR) is 44.2 cm³/mol. The van der Waals surface area contributed by atoms with Crippen LogP contribution in [0, 0.1) is 0 Å². The molecule has 0 saturated heterocycles. The van der Waals surface area contributed by atoms with Gasteiger partial charge < -0.3 is 0 Å². The predicted octanol–water partition coefficient (Wildman–Crippen LogP) is -0.358. The van der Waals surface area contributed by atoms with E-state index in [-0.39, 0.29) is 5.75 Å². The summed E-state index contributed by atoms with van der Waals surface area (Å²) in [5.74, 6) is -0.753. The third-order valence-corrected chi connectivity index (χ3v) is 4.29. The fraction of sp³-hybridized carbons (Fsp3) is 1.00. The van der Waals surface area contributed by atoms with E-state index in [9.17, 15) is 16.8 Å².